The second-order valence-corrected chi connectivity index (χ2v) is 6.38. The van der Waals surface area contributed by atoms with Crippen molar-refractivity contribution in [3.05, 3.63) is 58.6 Å². The molecule has 0 atom stereocenters. The molecular weight excluding hydrogens is 286 g/mol. The number of aryl methyl sites for hydroxylation is 1. The van der Waals surface area contributed by atoms with Crippen LogP contribution in [0.15, 0.2) is 52.3 Å². The van der Waals surface area contributed by atoms with Crippen molar-refractivity contribution in [1.82, 2.24) is 5.32 Å². The Morgan fingerprint density at radius 3 is 2.70 bits per heavy atom. The van der Waals surface area contributed by atoms with Gasteiger partial charge in [0.2, 0.25) is 0 Å². The van der Waals surface area contributed by atoms with Gasteiger partial charge in [0.05, 0.1) is 5.02 Å². The Bertz CT molecular complexity index is 569. The zero-order chi connectivity index (χ0) is 14.4. The van der Waals surface area contributed by atoms with Crippen LogP contribution in [0.25, 0.3) is 0 Å². The molecular formula is C17H20ClNS. The lowest BCUT2D eigenvalue weighted by atomic mass is 10.2. The van der Waals surface area contributed by atoms with Crippen molar-refractivity contribution in [2.45, 2.75) is 36.6 Å². The summed E-state index contributed by atoms with van der Waals surface area (Å²) in [7, 11) is 0. The van der Waals surface area contributed by atoms with Crippen molar-refractivity contribution in [2.75, 3.05) is 6.54 Å². The van der Waals surface area contributed by atoms with E-state index >= 15 is 0 Å². The normalized spacial score (nSPS) is 10.8. The molecule has 0 aromatic heterocycles. The number of benzene rings is 2. The first-order valence-electron chi connectivity index (χ1n) is 6.92. The number of halogens is 1. The highest BCUT2D eigenvalue weighted by Crippen LogP contribution is 2.34. The first-order chi connectivity index (χ1) is 9.69. The van der Waals surface area contributed by atoms with Gasteiger partial charge in [-0.2, -0.15) is 0 Å². The molecule has 0 aliphatic rings. The van der Waals surface area contributed by atoms with E-state index in [9.17, 15) is 0 Å². The van der Waals surface area contributed by atoms with E-state index in [0.717, 1.165) is 29.4 Å². The van der Waals surface area contributed by atoms with Crippen molar-refractivity contribution in [3.63, 3.8) is 0 Å². The third-order valence-corrected chi connectivity index (χ3v) is 4.46. The monoisotopic (exact) mass is 305 g/mol. The number of rotatable bonds is 6. The highest BCUT2D eigenvalue weighted by Gasteiger charge is 2.04. The maximum Gasteiger partial charge on any atom is 0.0548 e. The van der Waals surface area contributed by atoms with Gasteiger partial charge in [-0.05, 0) is 49.7 Å². The lowest BCUT2D eigenvalue weighted by Gasteiger charge is -2.08. The van der Waals surface area contributed by atoms with Crippen LogP contribution in [0.4, 0.5) is 0 Å². The van der Waals surface area contributed by atoms with E-state index in [1.807, 2.05) is 0 Å². The van der Waals surface area contributed by atoms with Gasteiger partial charge in [-0.25, -0.2) is 0 Å². The minimum absolute atomic E-state index is 0.826. The van der Waals surface area contributed by atoms with Crippen LogP contribution in [-0.4, -0.2) is 6.54 Å². The van der Waals surface area contributed by atoms with Gasteiger partial charge in [0.25, 0.3) is 0 Å². The summed E-state index contributed by atoms with van der Waals surface area (Å²) >= 11 is 8.10. The van der Waals surface area contributed by atoms with Gasteiger partial charge in [-0.1, -0.05) is 54.0 Å². The van der Waals surface area contributed by atoms with Crippen LogP contribution in [0, 0.1) is 6.92 Å². The smallest absolute Gasteiger partial charge is 0.0548 e. The number of hydrogen-bond donors (Lipinski definition) is 1. The Morgan fingerprint density at radius 1 is 1.15 bits per heavy atom. The van der Waals surface area contributed by atoms with E-state index in [4.69, 9.17) is 11.6 Å². The van der Waals surface area contributed by atoms with Crippen molar-refractivity contribution in [2.24, 2.45) is 0 Å². The van der Waals surface area contributed by atoms with Gasteiger partial charge < -0.3 is 5.32 Å². The summed E-state index contributed by atoms with van der Waals surface area (Å²) in [6.45, 7) is 6.19. The largest absolute Gasteiger partial charge is 0.313 e. The zero-order valence-corrected chi connectivity index (χ0v) is 13.5. The van der Waals surface area contributed by atoms with E-state index in [-0.39, 0.29) is 0 Å². The molecule has 0 aliphatic carbocycles. The molecule has 106 valence electrons. The Kier molecular flexibility index (Phi) is 5.96. The fourth-order valence-electron chi connectivity index (χ4n) is 1.95. The molecule has 0 aliphatic heterocycles. The van der Waals surface area contributed by atoms with Crippen LogP contribution in [-0.2, 0) is 6.54 Å². The predicted octanol–water partition coefficient (Wildman–Crippen LogP) is 5.30. The maximum absolute atomic E-state index is 6.38. The lowest BCUT2D eigenvalue weighted by molar-refractivity contribution is 0.675. The molecule has 0 amide bonds. The molecule has 2 aromatic carbocycles. The topological polar surface area (TPSA) is 12.0 Å². The van der Waals surface area contributed by atoms with E-state index < -0.39 is 0 Å². The summed E-state index contributed by atoms with van der Waals surface area (Å²) < 4.78 is 0. The number of hydrogen-bond acceptors (Lipinski definition) is 2. The first kappa shape index (κ1) is 15.4. The SMILES string of the molecule is CCCNCc1ccc(Sc2cccc(C)c2)c(Cl)c1. The maximum atomic E-state index is 6.38. The molecule has 0 saturated heterocycles. The molecule has 0 unspecified atom stereocenters. The average molecular weight is 306 g/mol. The molecule has 1 N–H and O–H groups in total. The fraction of sp³-hybridized carbons (Fsp3) is 0.294. The standard InChI is InChI=1S/C17H20ClNS/c1-3-9-19-12-14-7-8-17(16(18)11-14)20-15-6-4-5-13(2)10-15/h4-8,10-11,19H,3,9,12H2,1-2H3. The average Bonchev–Trinajstić information content (AvgIpc) is 2.42. The summed E-state index contributed by atoms with van der Waals surface area (Å²) in [4.78, 5) is 2.33. The summed E-state index contributed by atoms with van der Waals surface area (Å²) in [5.41, 5.74) is 2.50. The van der Waals surface area contributed by atoms with Crippen LogP contribution in [0.3, 0.4) is 0 Å². The zero-order valence-electron chi connectivity index (χ0n) is 11.9. The number of nitrogens with one attached hydrogen (secondary N) is 1. The fourth-order valence-corrected chi connectivity index (χ4v) is 3.21. The molecule has 2 rings (SSSR count). The van der Waals surface area contributed by atoms with E-state index in [1.54, 1.807) is 11.8 Å². The Balaban J connectivity index is 2.06. The second kappa shape index (κ2) is 7.72. The van der Waals surface area contributed by atoms with Crippen molar-refractivity contribution >= 4 is 23.4 Å². The van der Waals surface area contributed by atoms with Crippen LogP contribution in [0.1, 0.15) is 24.5 Å². The third-order valence-electron chi connectivity index (χ3n) is 2.97. The lowest BCUT2D eigenvalue weighted by Crippen LogP contribution is -2.13. The van der Waals surface area contributed by atoms with Gasteiger partial charge >= 0.3 is 0 Å². The summed E-state index contributed by atoms with van der Waals surface area (Å²) in [6.07, 6.45) is 1.15. The molecule has 0 heterocycles. The predicted molar refractivity (Wildman–Crippen MR) is 88.8 cm³/mol. The van der Waals surface area contributed by atoms with Crippen molar-refractivity contribution in [3.8, 4) is 0 Å². The van der Waals surface area contributed by atoms with Crippen LogP contribution in [0.5, 0.6) is 0 Å². The molecule has 0 bridgehead atoms. The molecule has 0 radical (unpaired) electrons. The van der Waals surface area contributed by atoms with Crippen LogP contribution < -0.4 is 5.32 Å². The van der Waals surface area contributed by atoms with Gasteiger partial charge in [0.1, 0.15) is 0 Å². The minimum atomic E-state index is 0.826. The van der Waals surface area contributed by atoms with E-state index in [2.05, 4.69) is 61.6 Å². The second-order valence-electron chi connectivity index (χ2n) is 4.86. The minimum Gasteiger partial charge on any atom is -0.313 e. The molecule has 20 heavy (non-hydrogen) atoms. The van der Waals surface area contributed by atoms with Gasteiger partial charge in [0, 0.05) is 16.3 Å². The van der Waals surface area contributed by atoms with Gasteiger partial charge in [-0.3, -0.25) is 0 Å². The van der Waals surface area contributed by atoms with Crippen molar-refractivity contribution in [1.29, 1.82) is 0 Å². The van der Waals surface area contributed by atoms with E-state index in [1.165, 1.54) is 16.0 Å². The van der Waals surface area contributed by atoms with Gasteiger partial charge in [0.15, 0.2) is 0 Å². The summed E-state index contributed by atoms with van der Waals surface area (Å²) in [5.74, 6) is 0. The van der Waals surface area contributed by atoms with Gasteiger partial charge in [-0.15, -0.1) is 0 Å². The van der Waals surface area contributed by atoms with Crippen LogP contribution in [0.2, 0.25) is 5.02 Å². The molecule has 3 heteroatoms. The molecule has 0 spiro atoms. The molecule has 0 fully saturated rings. The first-order valence-corrected chi connectivity index (χ1v) is 8.12. The molecule has 2 aromatic rings. The summed E-state index contributed by atoms with van der Waals surface area (Å²) in [5, 5.41) is 4.22. The third kappa shape index (κ3) is 4.55. The molecule has 0 saturated carbocycles. The highest BCUT2D eigenvalue weighted by atomic mass is 35.5. The molecule has 1 nitrogen and oxygen atoms in total. The highest BCUT2D eigenvalue weighted by molar-refractivity contribution is 7.99. The Morgan fingerprint density at radius 2 is 2.00 bits per heavy atom. The Hall–Kier alpha value is -0.960. The quantitative estimate of drug-likeness (QED) is 0.727. The summed E-state index contributed by atoms with van der Waals surface area (Å²) in [6, 6.07) is 14.8. The Labute approximate surface area is 130 Å². The van der Waals surface area contributed by atoms with Crippen LogP contribution >= 0.6 is 23.4 Å². The van der Waals surface area contributed by atoms with Crippen molar-refractivity contribution < 1.29 is 0 Å². The van der Waals surface area contributed by atoms with E-state index in [0.29, 0.717) is 0 Å².